The minimum Gasteiger partial charge on any atom is -0.348 e. The zero-order chi connectivity index (χ0) is 18.4. The third kappa shape index (κ3) is 2.94. The van der Waals surface area contributed by atoms with Gasteiger partial charge in [-0.15, -0.1) is 0 Å². The van der Waals surface area contributed by atoms with Crippen LogP contribution in [0.4, 0.5) is 8.78 Å². The van der Waals surface area contributed by atoms with Crippen LogP contribution < -0.4 is 5.32 Å². The molecular weight excluding hydrogens is 338 g/mol. The number of aryl methyl sites for hydroxylation is 1. The Hall–Kier alpha value is -2.83. The lowest BCUT2D eigenvalue weighted by molar-refractivity contribution is 0.0933. The van der Waals surface area contributed by atoms with E-state index in [1.165, 1.54) is 6.07 Å². The summed E-state index contributed by atoms with van der Waals surface area (Å²) in [5.74, 6) is -1.60. The molecule has 3 aromatic rings. The Labute approximate surface area is 149 Å². The summed E-state index contributed by atoms with van der Waals surface area (Å²) in [6.45, 7) is 3.83. The molecule has 7 heteroatoms. The molecule has 0 bridgehead atoms. The van der Waals surface area contributed by atoms with Gasteiger partial charge in [0.2, 0.25) is 0 Å². The second kappa shape index (κ2) is 6.16. The summed E-state index contributed by atoms with van der Waals surface area (Å²) in [4.78, 5) is 21.3. The van der Waals surface area contributed by atoms with Gasteiger partial charge in [-0.2, -0.15) is 0 Å². The molecular formula is C19H18F2N4O. The smallest absolute Gasteiger partial charge is 0.274 e. The molecule has 1 unspecified atom stereocenters. The number of aromatic nitrogens is 3. The van der Waals surface area contributed by atoms with Crippen LogP contribution in [0.15, 0.2) is 30.6 Å². The first-order chi connectivity index (χ1) is 12.4. The van der Waals surface area contributed by atoms with Gasteiger partial charge in [-0.1, -0.05) is 0 Å². The van der Waals surface area contributed by atoms with Crippen molar-refractivity contribution in [3.63, 3.8) is 0 Å². The predicted molar refractivity (Wildman–Crippen MR) is 92.7 cm³/mol. The van der Waals surface area contributed by atoms with Crippen LogP contribution in [0.1, 0.15) is 35.9 Å². The number of imidazole rings is 1. The molecule has 1 amide bonds. The SMILES string of the molecule is Cc1cc(-c2ccc(F)c(F)c2)nc2c(C(=O)NC(C)C3CC3)ncn12. The van der Waals surface area contributed by atoms with Crippen molar-refractivity contribution in [1.82, 2.24) is 19.7 Å². The summed E-state index contributed by atoms with van der Waals surface area (Å²) in [5.41, 5.74) is 2.30. The molecule has 1 N–H and O–H groups in total. The van der Waals surface area contributed by atoms with Crippen molar-refractivity contribution in [3.8, 4) is 11.3 Å². The number of amides is 1. The molecule has 0 radical (unpaired) electrons. The van der Waals surface area contributed by atoms with Gasteiger partial charge in [0.05, 0.1) is 5.69 Å². The molecule has 0 spiro atoms. The van der Waals surface area contributed by atoms with E-state index in [2.05, 4.69) is 15.3 Å². The molecule has 2 heterocycles. The normalized spacial score (nSPS) is 15.2. The van der Waals surface area contributed by atoms with Crippen LogP contribution in [0.2, 0.25) is 0 Å². The molecule has 1 aromatic carbocycles. The maximum atomic E-state index is 13.6. The number of fused-ring (bicyclic) bond motifs is 1. The summed E-state index contributed by atoms with van der Waals surface area (Å²) < 4.78 is 28.5. The molecule has 2 aromatic heterocycles. The Kier molecular flexibility index (Phi) is 3.94. The molecule has 26 heavy (non-hydrogen) atoms. The van der Waals surface area contributed by atoms with Crippen LogP contribution in [0.3, 0.4) is 0 Å². The molecule has 1 fully saturated rings. The van der Waals surface area contributed by atoms with E-state index in [0.717, 1.165) is 30.7 Å². The fraction of sp³-hybridized carbons (Fsp3) is 0.316. The van der Waals surface area contributed by atoms with E-state index in [9.17, 15) is 13.6 Å². The van der Waals surface area contributed by atoms with E-state index in [1.54, 1.807) is 16.8 Å². The van der Waals surface area contributed by atoms with Crippen molar-refractivity contribution in [2.24, 2.45) is 5.92 Å². The Morgan fingerprint density at radius 3 is 2.73 bits per heavy atom. The summed E-state index contributed by atoms with van der Waals surface area (Å²) in [7, 11) is 0. The molecule has 1 saturated carbocycles. The van der Waals surface area contributed by atoms with Gasteiger partial charge >= 0.3 is 0 Å². The van der Waals surface area contributed by atoms with E-state index in [1.807, 2.05) is 13.8 Å². The van der Waals surface area contributed by atoms with Crippen LogP contribution in [0.5, 0.6) is 0 Å². The van der Waals surface area contributed by atoms with E-state index >= 15 is 0 Å². The van der Waals surface area contributed by atoms with Crippen LogP contribution in [-0.2, 0) is 0 Å². The van der Waals surface area contributed by atoms with Gasteiger partial charge in [-0.25, -0.2) is 18.7 Å². The first-order valence-corrected chi connectivity index (χ1v) is 8.55. The lowest BCUT2D eigenvalue weighted by Crippen LogP contribution is -2.34. The van der Waals surface area contributed by atoms with Gasteiger partial charge in [0.15, 0.2) is 23.0 Å². The average molecular weight is 356 g/mol. The number of benzene rings is 1. The first-order valence-electron chi connectivity index (χ1n) is 8.55. The van der Waals surface area contributed by atoms with Crippen LogP contribution >= 0.6 is 0 Å². The third-order valence-electron chi connectivity index (χ3n) is 4.81. The van der Waals surface area contributed by atoms with Crippen molar-refractivity contribution in [1.29, 1.82) is 0 Å². The number of hydrogen-bond donors (Lipinski definition) is 1. The fourth-order valence-corrected chi connectivity index (χ4v) is 3.07. The van der Waals surface area contributed by atoms with E-state index in [4.69, 9.17) is 0 Å². The zero-order valence-corrected chi connectivity index (χ0v) is 14.5. The zero-order valence-electron chi connectivity index (χ0n) is 14.5. The van der Waals surface area contributed by atoms with Crippen molar-refractivity contribution in [2.45, 2.75) is 32.7 Å². The Bertz CT molecular complexity index is 1010. The highest BCUT2D eigenvalue weighted by atomic mass is 19.2. The number of halogens is 2. The number of carbonyl (C=O) groups excluding carboxylic acids is 1. The Morgan fingerprint density at radius 2 is 2.04 bits per heavy atom. The third-order valence-corrected chi connectivity index (χ3v) is 4.81. The molecule has 0 saturated heterocycles. The lowest BCUT2D eigenvalue weighted by Gasteiger charge is -2.12. The average Bonchev–Trinajstić information content (AvgIpc) is 3.36. The summed E-state index contributed by atoms with van der Waals surface area (Å²) in [6, 6.07) is 5.46. The maximum absolute atomic E-state index is 13.6. The number of rotatable bonds is 4. The number of nitrogens with zero attached hydrogens (tertiary/aromatic N) is 3. The summed E-state index contributed by atoms with van der Waals surface area (Å²) >= 11 is 0. The first kappa shape index (κ1) is 16.6. The van der Waals surface area contributed by atoms with Crippen LogP contribution in [-0.4, -0.2) is 26.3 Å². The minimum absolute atomic E-state index is 0.0923. The van der Waals surface area contributed by atoms with Crippen molar-refractivity contribution >= 4 is 11.6 Å². The van der Waals surface area contributed by atoms with E-state index < -0.39 is 11.6 Å². The van der Waals surface area contributed by atoms with Crippen LogP contribution in [0, 0.1) is 24.5 Å². The Morgan fingerprint density at radius 1 is 1.27 bits per heavy atom. The summed E-state index contributed by atoms with van der Waals surface area (Å²) in [5, 5.41) is 2.97. The van der Waals surface area contributed by atoms with Crippen LogP contribution in [0.25, 0.3) is 16.9 Å². The monoisotopic (exact) mass is 356 g/mol. The lowest BCUT2D eigenvalue weighted by atomic mass is 10.1. The standard InChI is InChI=1S/C19H18F2N4O/c1-10-7-16(13-5-6-14(20)15(21)8-13)24-18-17(22-9-25(10)18)19(26)23-11(2)12-3-4-12/h5-9,11-12H,3-4H2,1-2H3,(H,23,26). The minimum atomic E-state index is -0.938. The van der Waals surface area contributed by atoms with Gasteiger partial charge in [-0.3, -0.25) is 9.20 Å². The molecule has 0 aliphatic heterocycles. The highest BCUT2D eigenvalue weighted by Gasteiger charge is 2.30. The second-order valence-corrected chi connectivity index (χ2v) is 6.80. The predicted octanol–water partition coefficient (Wildman–Crippen LogP) is 3.51. The topological polar surface area (TPSA) is 59.3 Å². The van der Waals surface area contributed by atoms with Gasteiger partial charge in [0.1, 0.15) is 6.33 Å². The number of hydrogen-bond acceptors (Lipinski definition) is 3. The van der Waals surface area contributed by atoms with Crippen molar-refractivity contribution in [3.05, 3.63) is 53.6 Å². The van der Waals surface area contributed by atoms with Gasteiger partial charge in [0, 0.05) is 17.3 Å². The largest absolute Gasteiger partial charge is 0.348 e. The Balaban J connectivity index is 1.74. The number of carbonyl (C=O) groups is 1. The molecule has 1 aliphatic carbocycles. The molecule has 1 atom stereocenters. The van der Waals surface area contributed by atoms with Gasteiger partial charge in [-0.05, 0) is 56.9 Å². The van der Waals surface area contributed by atoms with E-state index in [0.29, 0.717) is 22.8 Å². The van der Waals surface area contributed by atoms with E-state index in [-0.39, 0.29) is 17.6 Å². The molecule has 1 aliphatic rings. The van der Waals surface area contributed by atoms with Gasteiger partial charge in [0.25, 0.3) is 5.91 Å². The second-order valence-electron chi connectivity index (χ2n) is 6.80. The van der Waals surface area contributed by atoms with Crippen molar-refractivity contribution < 1.29 is 13.6 Å². The maximum Gasteiger partial charge on any atom is 0.274 e. The highest BCUT2D eigenvalue weighted by Crippen LogP contribution is 2.32. The van der Waals surface area contributed by atoms with Gasteiger partial charge < -0.3 is 5.32 Å². The van der Waals surface area contributed by atoms with Crippen molar-refractivity contribution in [2.75, 3.05) is 0 Å². The fourth-order valence-electron chi connectivity index (χ4n) is 3.07. The summed E-state index contributed by atoms with van der Waals surface area (Å²) in [6.07, 6.45) is 3.80. The highest BCUT2D eigenvalue weighted by molar-refractivity contribution is 5.98. The number of nitrogens with one attached hydrogen (secondary N) is 1. The molecule has 4 rings (SSSR count). The quantitative estimate of drug-likeness (QED) is 0.778. The molecule has 5 nitrogen and oxygen atoms in total. The molecule has 134 valence electrons.